The summed E-state index contributed by atoms with van der Waals surface area (Å²) in [5.74, 6) is -0.204. The Labute approximate surface area is 138 Å². The van der Waals surface area contributed by atoms with Gasteiger partial charge in [0.15, 0.2) is 0 Å². The molecule has 3 amide bonds. The van der Waals surface area contributed by atoms with Crippen molar-refractivity contribution in [3.63, 3.8) is 0 Å². The summed E-state index contributed by atoms with van der Waals surface area (Å²) >= 11 is 6.03. The maximum Gasteiger partial charge on any atom is 0.325 e. The molecule has 0 saturated carbocycles. The van der Waals surface area contributed by atoms with Crippen molar-refractivity contribution >= 4 is 23.5 Å². The highest BCUT2D eigenvalue weighted by Gasteiger charge is 2.55. The van der Waals surface area contributed by atoms with E-state index in [-0.39, 0.29) is 18.5 Å². The summed E-state index contributed by atoms with van der Waals surface area (Å²) in [5.41, 5.74) is 1.73. The number of nitrogens with zero attached hydrogens (tertiary/aromatic N) is 3. The number of fused-ring (bicyclic) bond motifs is 2. The van der Waals surface area contributed by atoms with E-state index in [2.05, 4.69) is 10.4 Å². The van der Waals surface area contributed by atoms with Gasteiger partial charge in [-0.15, -0.1) is 0 Å². The van der Waals surface area contributed by atoms with E-state index in [9.17, 15) is 9.59 Å². The van der Waals surface area contributed by atoms with Gasteiger partial charge in [0.05, 0.1) is 12.2 Å². The number of halogens is 1. The Morgan fingerprint density at radius 3 is 2.91 bits per heavy atom. The summed E-state index contributed by atoms with van der Waals surface area (Å²) in [6.45, 7) is 0.214. The number of carbonyl (C=O) groups excluding carboxylic acids is 2. The molecule has 1 N–H and O–H groups in total. The second kappa shape index (κ2) is 4.83. The zero-order valence-electron chi connectivity index (χ0n) is 12.5. The first kappa shape index (κ1) is 14.3. The van der Waals surface area contributed by atoms with Gasteiger partial charge in [0.25, 0.3) is 5.91 Å². The quantitative estimate of drug-likeness (QED) is 0.856. The van der Waals surface area contributed by atoms with Crippen LogP contribution < -0.4 is 5.32 Å². The van der Waals surface area contributed by atoms with Gasteiger partial charge in [-0.25, -0.2) is 4.79 Å². The molecule has 118 valence electrons. The van der Waals surface area contributed by atoms with Crippen molar-refractivity contribution in [2.75, 3.05) is 0 Å². The van der Waals surface area contributed by atoms with Crippen LogP contribution in [0, 0.1) is 0 Å². The Balaban J connectivity index is 1.70. The average Bonchev–Trinajstić information content (AvgIpc) is 3.14. The molecule has 1 aliphatic heterocycles. The van der Waals surface area contributed by atoms with Crippen LogP contribution in [0.25, 0.3) is 0 Å². The topological polar surface area (TPSA) is 67.2 Å². The van der Waals surface area contributed by atoms with Crippen LogP contribution in [-0.4, -0.2) is 26.6 Å². The van der Waals surface area contributed by atoms with Crippen LogP contribution in [0.15, 0.2) is 30.5 Å². The van der Waals surface area contributed by atoms with Gasteiger partial charge in [-0.2, -0.15) is 5.10 Å². The second-order valence-corrected chi connectivity index (χ2v) is 6.41. The molecule has 1 atom stereocenters. The molecule has 1 spiro atoms. The summed E-state index contributed by atoms with van der Waals surface area (Å²) in [6.07, 6.45) is 2.94. The van der Waals surface area contributed by atoms with E-state index in [0.717, 1.165) is 23.2 Å². The van der Waals surface area contributed by atoms with Crippen molar-refractivity contribution in [3.05, 3.63) is 52.3 Å². The minimum Gasteiger partial charge on any atom is -0.319 e. The van der Waals surface area contributed by atoms with E-state index in [4.69, 9.17) is 11.6 Å². The Morgan fingerprint density at radius 1 is 1.35 bits per heavy atom. The van der Waals surface area contributed by atoms with Crippen LogP contribution in [0.5, 0.6) is 0 Å². The van der Waals surface area contributed by atoms with Gasteiger partial charge in [0, 0.05) is 18.3 Å². The first-order valence-corrected chi connectivity index (χ1v) is 7.79. The van der Waals surface area contributed by atoms with E-state index in [1.54, 1.807) is 30.1 Å². The molecule has 1 fully saturated rings. The molecule has 1 aromatic heterocycles. The molecule has 7 heteroatoms. The van der Waals surface area contributed by atoms with Gasteiger partial charge in [-0.1, -0.05) is 17.7 Å². The van der Waals surface area contributed by atoms with Crippen molar-refractivity contribution in [2.24, 2.45) is 7.05 Å². The molecule has 0 unspecified atom stereocenters. The highest BCUT2D eigenvalue weighted by Crippen LogP contribution is 2.42. The standard InChI is InChI=1S/C16H15ClN4O2/c1-20-12(5-7-18-20)9-21-14(22)16(19-15(21)23)6-4-10-8-11(17)2-3-13(10)16/h2-3,5,7-8H,4,6,9H2,1H3,(H,19,23)/t16-/m1/s1. The van der Waals surface area contributed by atoms with E-state index in [0.29, 0.717) is 11.4 Å². The van der Waals surface area contributed by atoms with Crippen LogP contribution in [0.2, 0.25) is 5.02 Å². The SMILES string of the molecule is Cn1nccc1CN1C(=O)N[C@@]2(CCc3cc(Cl)ccc32)C1=O. The predicted molar refractivity (Wildman–Crippen MR) is 83.7 cm³/mol. The van der Waals surface area contributed by atoms with Crippen LogP contribution in [0.4, 0.5) is 4.79 Å². The number of nitrogens with one attached hydrogen (secondary N) is 1. The van der Waals surface area contributed by atoms with Crippen molar-refractivity contribution in [1.29, 1.82) is 0 Å². The number of aromatic nitrogens is 2. The van der Waals surface area contributed by atoms with Gasteiger partial charge >= 0.3 is 6.03 Å². The van der Waals surface area contributed by atoms with Gasteiger partial charge in [0.1, 0.15) is 5.54 Å². The fourth-order valence-electron chi connectivity index (χ4n) is 3.48. The Hall–Kier alpha value is -2.34. The number of hydrogen-bond donors (Lipinski definition) is 1. The fraction of sp³-hybridized carbons (Fsp3) is 0.312. The maximum atomic E-state index is 13.0. The summed E-state index contributed by atoms with van der Waals surface area (Å²) in [7, 11) is 1.79. The molecule has 0 bridgehead atoms. The number of carbonyl (C=O) groups is 2. The van der Waals surface area contributed by atoms with E-state index in [1.165, 1.54) is 4.90 Å². The highest BCUT2D eigenvalue weighted by atomic mass is 35.5. The number of imide groups is 1. The first-order chi connectivity index (χ1) is 11.0. The Morgan fingerprint density at radius 2 is 2.17 bits per heavy atom. The molecular weight excluding hydrogens is 316 g/mol. The smallest absolute Gasteiger partial charge is 0.319 e. The van der Waals surface area contributed by atoms with Crippen LogP contribution >= 0.6 is 11.6 Å². The van der Waals surface area contributed by atoms with Crippen molar-refractivity contribution in [3.8, 4) is 0 Å². The third-order valence-corrected chi connectivity index (χ3v) is 4.95. The molecule has 2 aliphatic rings. The highest BCUT2D eigenvalue weighted by molar-refractivity contribution is 6.30. The Kier molecular flexibility index (Phi) is 2.99. The number of aryl methyl sites for hydroxylation is 2. The van der Waals surface area contributed by atoms with Crippen molar-refractivity contribution in [2.45, 2.75) is 24.9 Å². The predicted octanol–water partition coefficient (Wildman–Crippen LogP) is 1.97. The lowest BCUT2D eigenvalue weighted by molar-refractivity contribution is -0.132. The largest absolute Gasteiger partial charge is 0.325 e. The molecule has 1 aliphatic carbocycles. The second-order valence-electron chi connectivity index (χ2n) is 5.97. The molecular formula is C16H15ClN4O2. The normalized spacial score (nSPS) is 22.8. The molecule has 2 heterocycles. The minimum absolute atomic E-state index is 0.204. The monoisotopic (exact) mass is 330 g/mol. The number of benzene rings is 1. The lowest BCUT2D eigenvalue weighted by Gasteiger charge is -2.22. The first-order valence-electron chi connectivity index (χ1n) is 7.41. The van der Waals surface area contributed by atoms with E-state index in [1.807, 2.05) is 12.1 Å². The summed E-state index contributed by atoms with van der Waals surface area (Å²) in [5, 5.41) is 7.62. The van der Waals surface area contributed by atoms with Gasteiger partial charge in [-0.05, 0) is 42.2 Å². The van der Waals surface area contributed by atoms with Crippen LogP contribution in [-0.2, 0) is 30.3 Å². The molecule has 2 aromatic rings. The van der Waals surface area contributed by atoms with Crippen molar-refractivity contribution in [1.82, 2.24) is 20.0 Å². The average molecular weight is 331 g/mol. The molecule has 1 saturated heterocycles. The lowest BCUT2D eigenvalue weighted by Crippen LogP contribution is -2.41. The summed E-state index contributed by atoms with van der Waals surface area (Å²) in [6, 6.07) is 6.91. The van der Waals surface area contributed by atoms with Gasteiger partial charge in [-0.3, -0.25) is 14.4 Å². The van der Waals surface area contributed by atoms with Gasteiger partial charge < -0.3 is 5.32 Å². The minimum atomic E-state index is -0.949. The zero-order valence-corrected chi connectivity index (χ0v) is 13.3. The van der Waals surface area contributed by atoms with E-state index < -0.39 is 5.54 Å². The summed E-state index contributed by atoms with van der Waals surface area (Å²) in [4.78, 5) is 26.7. The zero-order chi connectivity index (χ0) is 16.2. The number of urea groups is 1. The van der Waals surface area contributed by atoms with Crippen LogP contribution in [0.3, 0.4) is 0 Å². The lowest BCUT2D eigenvalue weighted by atomic mass is 9.92. The molecule has 0 radical (unpaired) electrons. The summed E-state index contributed by atoms with van der Waals surface area (Å²) < 4.78 is 1.66. The van der Waals surface area contributed by atoms with Crippen LogP contribution in [0.1, 0.15) is 23.2 Å². The molecule has 1 aromatic carbocycles. The number of rotatable bonds is 2. The molecule has 6 nitrogen and oxygen atoms in total. The van der Waals surface area contributed by atoms with E-state index >= 15 is 0 Å². The molecule has 23 heavy (non-hydrogen) atoms. The van der Waals surface area contributed by atoms with Crippen molar-refractivity contribution < 1.29 is 9.59 Å². The number of amides is 3. The third-order valence-electron chi connectivity index (χ3n) is 4.71. The Bertz CT molecular complexity index is 831. The fourth-order valence-corrected chi connectivity index (χ4v) is 3.68. The maximum absolute atomic E-state index is 13.0. The third kappa shape index (κ3) is 1.98. The van der Waals surface area contributed by atoms with Gasteiger partial charge in [0.2, 0.25) is 0 Å². The number of hydrogen-bond acceptors (Lipinski definition) is 3. The molecule has 4 rings (SSSR count).